The molecule has 23 heavy (non-hydrogen) atoms. The molecule has 1 heterocycles. The second-order valence-electron chi connectivity index (χ2n) is 4.56. The van der Waals surface area contributed by atoms with Crippen LogP contribution >= 0.6 is 0 Å². The minimum Gasteiger partial charge on any atom is -0.457 e. The summed E-state index contributed by atoms with van der Waals surface area (Å²) in [5.41, 5.74) is 0.742. The van der Waals surface area contributed by atoms with Gasteiger partial charge in [0, 0.05) is 18.6 Å². The van der Waals surface area contributed by atoms with E-state index in [4.69, 9.17) is 13.9 Å². The van der Waals surface area contributed by atoms with Crippen LogP contribution in [0.3, 0.4) is 0 Å². The molecule has 0 radical (unpaired) electrons. The quantitative estimate of drug-likeness (QED) is 0.541. The van der Waals surface area contributed by atoms with Crippen LogP contribution in [-0.2, 0) is 4.79 Å². The van der Waals surface area contributed by atoms with E-state index in [1.54, 1.807) is 24.3 Å². The standard InChI is InChI=1S/C16H11FN2O4/c1-10(20)22-15-7-6-13(8-14(15)17)23-12-4-2-11(3-5-12)16-19-18-9-21-16/h2-9H,1H3. The van der Waals surface area contributed by atoms with Crippen molar-refractivity contribution in [1.82, 2.24) is 10.2 Å². The molecular formula is C16H11FN2O4. The number of carbonyl (C=O) groups is 1. The third-order valence-corrected chi connectivity index (χ3v) is 2.85. The molecule has 0 N–H and O–H groups in total. The molecule has 1 aromatic heterocycles. The Morgan fingerprint density at radius 1 is 1.13 bits per heavy atom. The van der Waals surface area contributed by atoms with Crippen LogP contribution in [0, 0.1) is 5.82 Å². The van der Waals surface area contributed by atoms with Crippen molar-refractivity contribution in [2.75, 3.05) is 0 Å². The molecule has 7 heteroatoms. The highest BCUT2D eigenvalue weighted by Crippen LogP contribution is 2.28. The second kappa shape index (κ2) is 6.27. The molecule has 0 aliphatic rings. The summed E-state index contributed by atoms with van der Waals surface area (Å²) in [5.74, 6) is -0.226. The molecule has 0 aliphatic carbocycles. The summed E-state index contributed by atoms with van der Waals surface area (Å²) in [4.78, 5) is 10.8. The largest absolute Gasteiger partial charge is 0.457 e. The van der Waals surface area contributed by atoms with Crippen molar-refractivity contribution in [3.05, 3.63) is 54.7 Å². The highest BCUT2D eigenvalue weighted by atomic mass is 19.1. The molecule has 3 rings (SSSR count). The fourth-order valence-corrected chi connectivity index (χ4v) is 1.88. The van der Waals surface area contributed by atoms with Crippen LogP contribution in [0.25, 0.3) is 11.5 Å². The first-order valence-electron chi connectivity index (χ1n) is 6.64. The summed E-state index contributed by atoms with van der Waals surface area (Å²) in [6.45, 7) is 1.20. The van der Waals surface area contributed by atoms with E-state index in [2.05, 4.69) is 10.2 Å². The Kier molecular flexibility index (Phi) is 4.01. The number of rotatable bonds is 4. The molecule has 0 amide bonds. The van der Waals surface area contributed by atoms with Gasteiger partial charge < -0.3 is 13.9 Å². The Labute approximate surface area is 130 Å². The molecule has 0 fully saturated rings. The number of benzene rings is 2. The molecule has 0 spiro atoms. The number of nitrogens with zero attached hydrogens (tertiary/aromatic N) is 2. The number of ether oxygens (including phenoxy) is 2. The molecule has 0 unspecified atom stereocenters. The molecular weight excluding hydrogens is 303 g/mol. The Morgan fingerprint density at radius 2 is 1.87 bits per heavy atom. The summed E-state index contributed by atoms with van der Waals surface area (Å²) in [6.07, 6.45) is 1.24. The highest BCUT2D eigenvalue weighted by molar-refractivity contribution is 5.69. The summed E-state index contributed by atoms with van der Waals surface area (Å²) in [6, 6.07) is 10.9. The number of hydrogen-bond donors (Lipinski definition) is 0. The van der Waals surface area contributed by atoms with Gasteiger partial charge in [-0.3, -0.25) is 4.79 Å². The van der Waals surface area contributed by atoms with E-state index in [0.29, 0.717) is 11.6 Å². The van der Waals surface area contributed by atoms with Crippen molar-refractivity contribution in [2.24, 2.45) is 0 Å². The number of esters is 1. The van der Waals surface area contributed by atoms with Gasteiger partial charge in [-0.05, 0) is 36.4 Å². The zero-order chi connectivity index (χ0) is 16.2. The third kappa shape index (κ3) is 3.52. The molecule has 0 bridgehead atoms. The predicted molar refractivity (Wildman–Crippen MR) is 77.5 cm³/mol. The number of carbonyl (C=O) groups excluding carboxylic acids is 1. The van der Waals surface area contributed by atoms with E-state index in [1.807, 2.05) is 0 Å². The Morgan fingerprint density at radius 3 is 2.48 bits per heavy atom. The average Bonchev–Trinajstić information content (AvgIpc) is 3.05. The van der Waals surface area contributed by atoms with Gasteiger partial charge in [-0.25, -0.2) is 4.39 Å². The van der Waals surface area contributed by atoms with Crippen LogP contribution in [0.2, 0.25) is 0 Å². The van der Waals surface area contributed by atoms with Crippen LogP contribution in [0.4, 0.5) is 4.39 Å². The first-order valence-corrected chi connectivity index (χ1v) is 6.64. The highest BCUT2D eigenvalue weighted by Gasteiger charge is 2.09. The van der Waals surface area contributed by atoms with Gasteiger partial charge in [-0.2, -0.15) is 0 Å². The average molecular weight is 314 g/mol. The molecule has 0 saturated heterocycles. The normalized spacial score (nSPS) is 10.3. The van der Waals surface area contributed by atoms with Crippen molar-refractivity contribution in [2.45, 2.75) is 6.92 Å². The molecule has 2 aromatic carbocycles. The van der Waals surface area contributed by atoms with Crippen molar-refractivity contribution >= 4 is 5.97 Å². The predicted octanol–water partition coefficient (Wildman–Crippen LogP) is 3.59. The first-order chi connectivity index (χ1) is 11.1. The second-order valence-corrected chi connectivity index (χ2v) is 4.56. The Balaban J connectivity index is 1.74. The topological polar surface area (TPSA) is 74.5 Å². The van der Waals surface area contributed by atoms with Crippen molar-refractivity contribution in [1.29, 1.82) is 0 Å². The van der Waals surface area contributed by atoms with Gasteiger partial charge in [0.15, 0.2) is 11.6 Å². The van der Waals surface area contributed by atoms with Gasteiger partial charge in [-0.1, -0.05) is 0 Å². The van der Waals surface area contributed by atoms with Crippen LogP contribution in [-0.4, -0.2) is 16.2 Å². The Hall–Kier alpha value is -3.22. The first kappa shape index (κ1) is 14.7. The number of aromatic nitrogens is 2. The zero-order valence-corrected chi connectivity index (χ0v) is 12.0. The van der Waals surface area contributed by atoms with Gasteiger partial charge in [0.05, 0.1) is 0 Å². The van der Waals surface area contributed by atoms with Crippen LogP contribution in [0.5, 0.6) is 17.2 Å². The lowest BCUT2D eigenvalue weighted by molar-refractivity contribution is -0.132. The lowest BCUT2D eigenvalue weighted by atomic mass is 10.2. The molecule has 0 aliphatic heterocycles. The van der Waals surface area contributed by atoms with Gasteiger partial charge in [0.25, 0.3) is 0 Å². The SMILES string of the molecule is CC(=O)Oc1ccc(Oc2ccc(-c3nnco3)cc2)cc1F. The van der Waals surface area contributed by atoms with Crippen molar-refractivity contribution in [3.8, 4) is 28.7 Å². The Bertz CT molecular complexity index is 817. The lowest BCUT2D eigenvalue weighted by Gasteiger charge is -2.08. The maximum atomic E-state index is 13.8. The third-order valence-electron chi connectivity index (χ3n) is 2.85. The minimum atomic E-state index is -0.680. The summed E-state index contributed by atoms with van der Waals surface area (Å²) >= 11 is 0. The van der Waals surface area contributed by atoms with Crippen molar-refractivity contribution in [3.63, 3.8) is 0 Å². The maximum Gasteiger partial charge on any atom is 0.308 e. The van der Waals surface area contributed by atoms with Gasteiger partial charge in [0.2, 0.25) is 12.3 Å². The van der Waals surface area contributed by atoms with Crippen LogP contribution in [0.15, 0.2) is 53.3 Å². The van der Waals surface area contributed by atoms with Crippen molar-refractivity contribution < 1.29 is 23.1 Å². The van der Waals surface area contributed by atoms with Crippen LogP contribution in [0.1, 0.15) is 6.92 Å². The summed E-state index contributed by atoms with van der Waals surface area (Å²) < 4.78 is 29.1. The monoisotopic (exact) mass is 314 g/mol. The molecule has 0 saturated carbocycles. The van der Waals surface area contributed by atoms with Crippen LogP contribution < -0.4 is 9.47 Å². The number of halogens is 1. The van der Waals surface area contributed by atoms with E-state index in [0.717, 1.165) is 11.6 Å². The molecule has 3 aromatic rings. The zero-order valence-electron chi connectivity index (χ0n) is 12.0. The fraction of sp³-hybridized carbons (Fsp3) is 0.0625. The van der Waals surface area contributed by atoms with E-state index in [1.165, 1.54) is 25.5 Å². The summed E-state index contributed by atoms with van der Waals surface area (Å²) in [5, 5.41) is 7.40. The van der Waals surface area contributed by atoms with E-state index >= 15 is 0 Å². The van der Waals surface area contributed by atoms with E-state index in [-0.39, 0.29) is 11.5 Å². The molecule has 6 nitrogen and oxygen atoms in total. The molecule has 116 valence electrons. The number of hydrogen-bond acceptors (Lipinski definition) is 6. The van der Waals surface area contributed by atoms with Gasteiger partial charge in [-0.15, -0.1) is 10.2 Å². The fourth-order valence-electron chi connectivity index (χ4n) is 1.88. The maximum absolute atomic E-state index is 13.8. The van der Waals surface area contributed by atoms with E-state index < -0.39 is 11.8 Å². The van der Waals surface area contributed by atoms with E-state index in [9.17, 15) is 9.18 Å². The smallest absolute Gasteiger partial charge is 0.308 e. The van der Waals surface area contributed by atoms with Gasteiger partial charge in [0.1, 0.15) is 11.5 Å². The lowest BCUT2D eigenvalue weighted by Crippen LogP contribution is -2.03. The van der Waals surface area contributed by atoms with Gasteiger partial charge >= 0.3 is 5.97 Å². The minimum absolute atomic E-state index is 0.142. The summed E-state index contributed by atoms with van der Waals surface area (Å²) in [7, 11) is 0. The molecule has 0 atom stereocenters.